The van der Waals surface area contributed by atoms with E-state index in [0.29, 0.717) is 16.9 Å². The van der Waals surface area contributed by atoms with Crippen molar-refractivity contribution in [2.24, 2.45) is 0 Å². The van der Waals surface area contributed by atoms with Crippen LogP contribution in [0.4, 0.5) is 0 Å². The van der Waals surface area contributed by atoms with Crippen LogP contribution in [-0.4, -0.2) is 39.3 Å². The number of hydrogen-bond donors (Lipinski definition) is 1. The maximum atomic E-state index is 12.8. The van der Waals surface area contributed by atoms with Gasteiger partial charge < -0.3 is 10.1 Å². The van der Waals surface area contributed by atoms with E-state index in [1.807, 2.05) is 26.8 Å². The molecule has 1 N–H and O–H groups in total. The van der Waals surface area contributed by atoms with Gasteiger partial charge in [-0.3, -0.25) is 4.79 Å². The van der Waals surface area contributed by atoms with Gasteiger partial charge in [-0.25, -0.2) is 9.50 Å². The molecule has 3 rings (SSSR count). The molecule has 0 saturated carbocycles. The Bertz CT molecular complexity index is 732. The number of rotatable bonds is 4. The molecule has 3 heterocycles. The molecule has 0 bridgehead atoms. The number of nitrogens with one attached hydrogen (secondary N) is 1. The summed E-state index contributed by atoms with van der Waals surface area (Å²) in [6, 6.07) is 1.99. The van der Waals surface area contributed by atoms with E-state index < -0.39 is 0 Å². The van der Waals surface area contributed by atoms with E-state index in [0.717, 1.165) is 37.3 Å². The molecule has 1 aliphatic rings. The Labute approximate surface area is 136 Å². The van der Waals surface area contributed by atoms with Crippen molar-refractivity contribution in [2.75, 3.05) is 6.61 Å². The normalized spacial score (nSPS) is 19.2. The second-order valence-corrected chi connectivity index (χ2v) is 6.27. The first-order valence-electron chi connectivity index (χ1n) is 8.27. The number of carbonyl (C=O) groups excluding carboxylic acids is 1. The summed E-state index contributed by atoms with van der Waals surface area (Å²) in [7, 11) is 0. The van der Waals surface area contributed by atoms with Crippen LogP contribution in [0.1, 0.15) is 53.6 Å². The quantitative estimate of drug-likeness (QED) is 0.940. The lowest BCUT2D eigenvalue weighted by molar-refractivity contribution is 0.0666. The Balaban J connectivity index is 1.92. The summed E-state index contributed by atoms with van der Waals surface area (Å²) >= 11 is 0. The van der Waals surface area contributed by atoms with Crippen molar-refractivity contribution >= 4 is 11.6 Å². The van der Waals surface area contributed by atoms with Crippen molar-refractivity contribution in [3.05, 3.63) is 28.7 Å². The van der Waals surface area contributed by atoms with Crippen molar-refractivity contribution < 1.29 is 9.53 Å². The van der Waals surface area contributed by atoms with E-state index in [2.05, 4.69) is 22.3 Å². The molecule has 2 aromatic rings. The third-order valence-corrected chi connectivity index (χ3v) is 4.47. The molecule has 0 unspecified atom stereocenters. The highest BCUT2D eigenvalue weighted by Crippen LogP contribution is 2.20. The SMILES string of the molecule is CC[C@@H](NC(=O)c1c(C)nn2c(C)cc(C)nc12)[C@@H]1CCCO1. The van der Waals surface area contributed by atoms with Crippen LogP contribution in [0.3, 0.4) is 0 Å². The van der Waals surface area contributed by atoms with E-state index >= 15 is 0 Å². The third kappa shape index (κ3) is 2.95. The first-order chi connectivity index (χ1) is 11.0. The standard InChI is InChI=1S/C17H24N4O2/c1-5-13(14-7-6-8-23-14)19-17(22)15-12(4)20-21-11(3)9-10(2)18-16(15)21/h9,13-14H,5-8H2,1-4H3,(H,19,22)/t13-,14+/m1/s1. The molecule has 2 atom stereocenters. The van der Waals surface area contributed by atoms with E-state index in [4.69, 9.17) is 4.74 Å². The molecular formula is C17H24N4O2. The first kappa shape index (κ1) is 15.9. The van der Waals surface area contributed by atoms with E-state index in [9.17, 15) is 4.79 Å². The monoisotopic (exact) mass is 316 g/mol. The Morgan fingerprint density at radius 1 is 1.48 bits per heavy atom. The zero-order valence-corrected chi connectivity index (χ0v) is 14.2. The smallest absolute Gasteiger partial charge is 0.257 e. The number of nitrogens with zero attached hydrogens (tertiary/aromatic N) is 3. The lowest BCUT2D eigenvalue weighted by Crippen LogP contribution is -2.42. The molecule has 0 aliphatic carbocycles. The number of ether oxygens (including phenoxy) is 1. The summed E-state index contributed by atoms with van der Waals surface area (Å²) < 4.78 is 7.47. The van der Waals surface area contributed by atoms with Gasteiger partial charge in [0, 0.05) is 18.0 Å². The lowest BCUT2D eigenvalue weighted by atomic mass is 10.0. The van der Waals surface area contributed by atoms with Crippen LogP contribution in [-0.2, 0) is 4.74 Å². The molecular weight excluding hydrogens is 292 g/mol. The Hall–Kier alpha value is -1.95. The highest BCUT2D eigenvalue weighted by Gasteiger charge is 2.28. The van der Waals surface area contributed by atoms with Crippen molar-refractivity contribution in [3.8, 4) is 0 Å². The van der Waals surface area contributed by atoms with Gasteiger partial charge in [0.2, 0.25) is 0 Å². The maximum Gasteiger partial charge on any atom is 0.257 e. The van der Waals surface area contributed by atoms with Gasteiger partial charge in [-0.2, -0.15) is 5.10 Å². The molecule has 0 spiro atoms. The molecule has 1 amide bonds. The Morgan fingerprint density at radius 2 is 2.26 bits per heavy atom. The number of amides is 1. The van der Waals surface area contributed by atoms with Crippen LogP contribution >= 0.6 is 0 Å². The van der Waals surface area contributed by atoms with Crippen LogP contribution in [0, 0.1) is 20.8 Å². The van der Waals surface area contributed by atoms with Gasteiger partial charge in [0.1, 0.15) is 5.56 Å². The predicted octanol–water partition coefficient (Wildman–Crippen LogP) is 2.34. The van der Waals surface area contributed by atoms with Crippen LogP contribution < -0.4 is 5.32 Å². The van der Waals surface area contributed by atoms with Gasteiger partial charge >= 0.3 is 0 Å². The van der Waals surface area contributed by atoms with Crippen molar-refractivity contribution in [1.82, 2.24) is 19.9 Å². The molecule has 6 heteroatoms. The summed E-state index contributed by atoms with van der Waals surface area (Å²) in [6.45, 7) is 8.61. The number of aromatic nitrogens is 3. The zero-order valence-electron chi connectivity index (χ0n) is 14.2. The van der Waals surface area contributed by atoms with Gasteiger partial charge in [-0.1, -0.05) is 6.92 Å². The summed E-state index contributed by atoms with van der Waals surface area (Å²) in [5, 5.41) is 7.59. The summed E-state index contributed by atoms with van der Waals surface area (Å²) in [5.74, 6) is -0.114. The van der Waals surface area contributed by atoms with Gasteiger partial charge in [0.05, 0.1) is 17.8 Å². The molecule has 23 heavy (non-hydrogen) atoms. The average molecular weight is 316 g/mol. The minimum atomic E-state index is -0.114. The Kier molecular flexibility index (Phi) is 4.35. The molecule has 0 aromatic carbocycles. The molecule has 1 fully saturated rings. The summed E-state index contributed by atoms with van der Waals surface area (Å²) in [5.41, 5.74) is 3.75. The number of fused-ring (bicyclic) bond motifs is 1. The zero-order chi connectivity index (χ0) is 16.6. The highest BCUT2D eigenvalue weighted by molar-refractivity contribution is 6.01. The minimum absolute atomic E-state index is 0.0326. The number of aryl methyl sites for hydroxylation is 3. The molecule has 6 nitrogen and oxygen atoms in total. The van der Waals surface area contributed by atoms with Gasteiger partial charge in [0.15, 0.2) is 5.65 Å². The number of hydrogen-bond acceptors (Lipinski definition) is 4. The topological polar surface area (TPSA) is 68.5 Å². The third-order valence-electron chi connectivity index (χ3n) is 4.47. The van der Waals surface area contributed by atoms with E-state index in [1.54, 1.807) is 4.52 Å². The second-order valence-electron chi connectivity index (χ2n) is 6.27. The molecule has 1 aliphatic heterocycles. The van der Waals surface area contributed by atoms with Crippen LogP contribution in [0.2, 0.25) is 0 Å². The largest absolute Gasteiger partial charge is 0.376 e. The van der Waals surface area contributed by atoms with Crippen LogP contribution in [0.5, 0.6) is 0 Å². The van der Waals surface area contributed by atoms with Crippen LogP contribution in [0.15, 0.2) is 6.07 Å². The van der Waals surface area contributed by atoms with Crippen molar-refractivity contribution in [3.63, 3.8) is 0 Å². The van der Waals surface area contributed by atoms with Crippen molar-refractivity contribution in [2.45, 2.75) is 59.1 Å². The fourth-order valence-electron chi connectivity index (χ4n) is 3.31. The average Bonchev–Trinajstić information content (AvgIpc) is 3.12. The number of carbonyl (C=O) groups is 1. The van der Waals surface area contributed by atoms with Gasteiger partial charge in [0.25, 0.3) is 5.91 Å². The first-order valence-corrected chi connectivity index (χ1v) is 8.27. The minimum Gasteiger partial charge on any atom is -0.376 e. The molecule has 1 saturated heterocycles. The molecule has 0 radical (unpaired) electrons. The highest BCUT2D eigenvalue weighted by atomic mass is 16.5. The summed E-state index contributed by atoms with van der Waals surface area (Å²) in [6.07, 6.45) is 3.03. The van der Waals surface area contributed by atoms with Crippen molar-refractivity contribution in [1.29, 1.82) is 0 Å². The Morgan fingerprint density at radius 3 is 2.91 bits per heavy atom. The second kappa shape index (κ2) is 6.28. The molecule has 2 aromatic heterocycles. The van der Waals surface area contributed by atoms with Gasteiger partial charge in [-0.15, -0.1) is 0 Å². The fourth-order valence-corrected chi connectivity index (χ4v) is 3.31. The van der Waals surface area contributed by atoms with E-state index in [1.165, 1.54) is 0 Å². The molecule has 124 valence electrons. The summed E-state index contributed by atoms with van der Waals surface area (Å²) in [4.78, 5) is 17.3. The maximum absolute atomic E-state index is 12.8. The predicted molar refractivity (Wildman–Crippen MR) is 87.7 cm³/mol. The van der Waals surface area contributed by atoms with Crippen LogP contribution in [0.25, 0.3) is 5.65 Å². The van der Waals surface area contributed by atoms with Gasteiger partial charge in [-0.05, 0) is 46.1 Å². The lowest BCUT2D eigenvalue weighted by Gasteiger charge is -2.22. The van der Waals surface area contributed by atoms with E-state index in [-0.39, 0.29) is 18.1 Å². The fraction of sp³-hybridized carbons (Fsp3) is 0.588.